The fraction of sp³-hybridized carbons (Fsp3) is 0.417. The van der Waals surface area contributed by atoms with Crippen molar-refractivity contribution in [2.75, 3.05) is 20.2 Å². The predicted octanol–water partition coefficient (Wildman–Crippen LogP) is 9.21. The van der Waals surface area contributed by atoms with Crippen molar-refractivity contribution in [2.45, 2.75) is 71.1 Å². The fourth-order valence-electron chi connectivity index (χ4n) is 5.88. The summed E-state index contributed by atoms with van der Waals surface area (Å²) in [5.74, 6) is 2.39. The SMILES string of the molecule is C=CC(=O)N(C)CCOc1ccc(-c2ccc(-c3ccc(C4CCC(CCCCC)CC4)cc3)c(C)c2)cc1. The first-order valence-electron chi connectivity index (χ1n) is 14.8. The van der Waals surface area contributed by atoms with Gasteiger partial charge in [-0.2, -0.15) is 0 Å². The van der Waals surface area contributed by atoms with Crippen LogP contribution in [0.15, 0.2) is 79.4 Å². The summed E-state index contributed by atoms with van der Waals surface area (Å²) >= 11 is 0. The van der Waals surface area contributed by atoms with Gasteiger partial charge in [0.05, 0.1) is 6.54 Å². The van der Waals surface area contributed by atoms with E-state index in [1.807, 2.05) is 12.1 Å². The average Bonchev–Trinajstić information content (AvgIpc) is 2.97. The van der Waals surface area contributed by atoms with Crippen LogP contribution in [0.1, 0.15) is 75.3 Å². The average molecular weight is 524 g/mol. The van der Waals surface area contributed by atoms with Crippen LogP contribution in [0, 0.1) is 12.8 Å². The minimum Gasteiger partial charge on any atom is -0.492 e. The van der Waals surface area contributed by atoms with E-state index >= 15 is 0 Å². The Morgan fingerprint density at radius 2 is 1.59 bits per heavy atom. The minimum atomic E-state index is -0.0980. The number of unbranched alkanes of at least 4 members (excludes halogenated alkanes) is 2. The number of carbonyl (C=O) groups is 1. The van der Waals surface area contributed by atoms with E-state index in [1.54, 1.807) is 11.9 Å². The number of aryl methyl sites for hydroxylation is 1. The molecule has 0 aliphatic heterocycles. The highest BCUT2D eigenvalue weighted by atomic mass is 16.5. The van der Waals surface area contributed by atoms with E-state index in [0.29, 0.717) is 13.2 Å². The van der Waals surface area contributed by atoms with Gasteiger partial charge in [0.15, 0.2) is 0 Å². The molecule has 1 saturated carbocycles. The Hall–Kier alpha value is -3.33. The molecule has 0 atom stereocenters. The van der Waals surface area contributed by atoms with Gasteiger partial charge < -0.3 is 9.64 Å². The van der Waals surface area contributed by atoms with Crippen molar-refractivity contribution in [1.82, 2.24) is 4.90 Å². The van der Waals surface area contributed by atoms with Gasteiger partial charge >= 0.3 is 0 Å². The molecule has 206 valence electrons. The summed E-state index contributed by atoms with van der Waals surface area (Å²) in [7, 11) is 1.75. The van der Waals surface area contributed by atoms with Crippen LogP contribution >= 0.6 is 0 Å². The van der Waals surface area contributed by atoms with Gasteiger partial charge in [0.1, 0.15) is 12.4 Å². The summed E-state index contributed by atoms with van der Waals surface area (Å²) in [6, 6.07) is 24.3. The van der Waals surface area contributed by atoms with E-state index in [2.05, 4.69) is 75.0 Å². The highest BCUT2D eigenvalue weighted by Crippen LogP contribution is 2.38. The number of likely N-dealkylation sites (N-methyl/N-ethyl adjacent to an activating group) is 1. The topological polar surface area (TPSA) is 29.5 Å². The molecule has 4 rings (SSSR count). The molecule has 0 N–H and O–H groups in total. The molecule has 1 aliphatic carbocycles. The van der Waals surface area contributed by atoms with Gasteiger partial charge in [-0.1, -0.05) is 93.8 Å². The normalized spacial score (nSPS) is 17.0. The van der Waals surface area contributed by atoms with Crippen molar-refractivity contribution in [3.63, 3.8) is 0 Å². The van der Waals surface area contributed by atoms with E-state index < -0.39 is 0 Å². The molecular formula is C36H45NO2. The van der Waals surface area contributed by atoms with E-state index in [9.17, 15) is 4.79 Å². The molecule has 0 unspecified atom stereocenters. The van der Waals surface area contributed by atoms with Crippen LogP contribution in [0.3, 0.4) is 0 Å². The zero-order chi connectivity index (χ0) is 27.6. The van der Waals surface area contributed by atoms with Crippen molar-refractivity contribution < 1.29 is 9.53 Å². The van der Waals surface area contributed by atoms with Crippen molar-refractivity contribution >= 4 is 5.91 Å². The number of rotatable bonds is 12. The zero-order valence-corrected chi connectivity index (χ0v) is 24.1. The van der Waals surface area contributed by atoms with Crippen LogP contribution in [0.25, 0.3) is 22.3 Å². The lowest BCUT2D eigenvalue weighted by Gasteiger charge is -2.29. The number of benzene rings is 3. The quantitative estimate of drug-likeness (QED) is 0.175. The summed E-state index contributed by atoms with van der Waals surface area (Å²) in [6.07, 6.45) is 12.4. The van der Waals surface area contributed by atoms with Crippen molar-refractivity contribution in [1.29, 1.82) is 0 Å². The van der Waals surface area contributed by atoms with E-state index in [-0.39, 0.29) is 5.91 Å². The van der Waals surface area contributed by atoms with Gasteiger partial charge in [0, 0.05) is 7.05 Å². The molecule has 0 spiro atoms. The number of carbonyl (C=O) groups excluding carboxylic acids is 1. The third-order valence-electron chi connectivity index (χ3n) is 8.42. The maximum Gasteiger partial charge on any atom is 0.245 e. The number of nitrogens with zero attached hydrogens (tertiary/aromatic N) is 1. The van der Waals surface area contributed by atoms with Gasteiger partial charge in [0.2, 0.25) is 5.91 Å². The molecule has 0 saturated heterocycles. The second-order valence-electron chi connectivity index (χ2n) is 11.2. The summed E-state index contributed by atoms with van der Waals surface area (Å²) in [6.45, 7) is 8.98. The molecule has 39 heavy (non-hydrogen) atoms. The first-order chi connectivity index (χ1) is 19.0. The molecule has 1 amide bonds. The van der Waals surface area contributed by atoms with Gasteiger partial charge in [-0.25, -0.2) is 0 Å². The van der Waals surface area contributed by atoms with Crippen molar-refractivity contribution in [3.8, 4) is 28.0 Å². The zero-order valence-electron chi connectivity index (χ0n) is 24.1. The van der Waals surface area contributed by atoms with Gasteiger partial charge in [-0.3, -0.25) is 4.79 Å². The third kappa shape index (κ3) is 7.85. The standard InChI is InChI=1S/C36H45NO2/c1-5-7-8-9-28-10-12-29(13-11-28)30-14-16-32(17-15-30)35-23-20-33(26-27(35)3)31-18-21-34(22-19-31)39-25-24-37(4)36(38)6-2/h6,14-23,26,28-29H,2,5,7-13,24-25H2,1,3-4H3. The highest BCUT2D eigenvalue weighted by Gasteiger charge is 2.22. The molecule has 3 aromatic carbocycles. The predicted molar refractivity (Wildman–Crippen MR) is 164 cm³/mol. The maximum atomic E-state index is 11.6. The molecule has 1 fully saturated rings. The lowest BCUT2D eigenvalue weighted by molar-refractivity contribution is -0.125. The summed E-state index contributed by atoms with van der Waals surface area (Å²) in [5, 5.41) is 0. The lowest BCUT2D eigenvalue weighted by Crippen LogP contribution is -2.29. The monoisotopic (exact) mass is 523 g/mol. The van der Waals surface area contributed by atoms with Crippen LogP contribution in [0.2, 0.25) is 0 Å². The van der Waals surface area contributed by atoms with Crippen molar-refractivity contribution in [3.05, 3.63) is 90.5 Å². The molecule has 1 aliphatic rings. The fourth-order valence-corrected chi connectivity index (χ4v) is 5.88. The molecule has 0 bridgehead atoms. The Balaban J connectivity index is 1.33. The van der Waals surface area contributed by atoms with Gasteiger partial charge in [0.25, 0.3) is 0 Å². The lowest BCUT2D eigenvalue weighted by atomic mass is 9.77. The molecule has 0 radical (unpaired) electrons. The smallest absolute Gasteiger partial charge is 0.245 e. The molecule has 3 aromatic rings. The largest absolute Gasteiger partial charge is 0.492 e. The van der Waals surface area contributed by atoms with Crippen LogP contribution in [-0.2, 0) is 4.79 Å². The van der Waals surface area contributed by atoms with E-state index in [1.165, 1.54) is 85.3 Å². The molecular weight excluding hydrogens is 478 g/mol. The Morgan fingerprint density at radius 3 is 2.23 bits per heavy atom. The molecule has 0 aromatic heterocycles. The molecule has 3 heteroatoms. The number of ether oxygens (including phenoxy) is 1. The first kappa shape index (κ1) is 28.7. The first-order valence-corrected chi connectivity index (χ1v) is 14.8. The Labute approximate surface area is 235 Å². The van der Waals surface area contributed by atoms with Crippen LogP contribution in [0.4, 0.5) is 0 Å². The maximum absolute atomic E-state index is 11.6. The summed E-state index contributed by atoms with van der Waals surface area (Å²) in [5.41, 5.74) is 7.75. The number of hydrogen-bond acceptors (Lipinski definition) is 2. The third-order valence-corrected chi connectivity index (χ3v) is 8.42. The van der Waals surface area contributed by atoms with Crippen molar-refractivity contribution in [2.24, 2.45) is 5.92 Å². The summed E-state index contributed by atoms with van der Waals surface area (Å²) in [4.78, 5) is 13.2. The van der Waals surface area contributed by atoms with Crippen LogP contribution < -0.4 is 4.74 Å². The highest BCUT2D eigenvalue weighted by molar-refractivity contribution is 5.86. The Morgan fingerprint density at radius 1 is 0.923 bits per heavy atom. The van der Waals surface area contributed by atoms with E-state index in [4.69, 9.17) is 4.74 Å². The van der Waals surface area contributed by atoms with E-state index in [0.717, 1.165) is 23.1 Å². The summed E-state index contributed by atoms with van der Waals surface area (Å²) < 4.78 is 5.81. The van der Waals surface area contributed by atoms with Gasteiger partial charge in [-0.05, 0) is 96.0 Å². The second-order valence-corrected chi connectivity index (χ2v) is 11.2. The number of amides is 1. The molecule has 0 heterocycles. The Kier molecular flexibility index (Phi) is 10.4. The molecule has 3 nitrogen and oxygen atoms in total. The minimum absolute atomic E-state index is 0.0980. The number of hydrogen-bond donors (Lipinski definition) is 0. The van der Waals surface area contributed by atoms with Crippen LogP contribution in [0.5, 0.6) is 5.75 Å². The van der Waals surface area contributed by atoms with Crippen LogP contribution in [-0.4, -0.2) is 31.0 Å². The second kappa shape index (κ2) is 14.2. The Bertz CT molecular complexity index is 1200. The van der Waals surface area contributed by atoms with Gasteiger partial charge in [-0.15, -0.1) is 0 Å².